The van der Waals surface area contributed by atoms with Crippen LogP contribution in [0.15, 0.2) is 30.5 Å². The number of nitrogens with zero attached hydrogens (tertiary/aromatic N) is 2. The molecule has 1 aromatic heterocycles. The highest BCUT2D eigenvalue weighted by Crippen LogP contribution is 2.31. The molecular weight excluding hydrogens is 302 g/mol. The van der Waals surface area contributed by atoms with Gasteiger partial charge in [0, 0.05) is 23.8 Å². The first-order valence-corrected chi connectivity index (χ1v) is 8.30. The number of aryl methyl sites for hydroxylation is 1. The summed E-state index contributed by atoms with van der Waals surface area (Å²) in [6, 6.07) is 7.92. The minimum absolute atomic E-state index is 0.0602. The second kappa shape index (κ2) is 6.97. The largest absolute Gasteiger partial charge is 0.365 e. The molecule has 0 bridgehead atoms. The molecule has 1 heterocycles. The predicted octanol–water partition coefficient (Wildman–Crippen LogP) is 2.61. The number of carbonyl (C=O) groups is 1. The zero-order chi connectivity index (χ0) is 17.1. The summed E-state index contributed by atoms with van der Waals surface area (Å²) in [5.74, 6) is 0.696. The van der Waals surface area contributed by atoms with Gasteiger partial charge in [-0.25, -0.2) is 9.97 Å². The SMILES string of the molecule is Cc1cccc(Nc2nc([C@@H]3CCCC[C@@H]3N)ncc2C(N)=O)c1. The summed E-state index contributed by atoms with van der Waals surface area (Å²) in [6.45, 7) is 2.01. The molecule has 0 aliphatic heterocycles. The smallest absolute Gasteiger partial charge is 0.254 e. The number of hydrogen-bond acceptors (Lipinski definition) is 5. The van der Waals surface area contributed by atoms with Gasteiger partial charge in [-0.15, -0.1) is 0 Å². The van der Waals surface area contributed by atoms with Crippen molar-refractivity contribution in [1.29, 1.82) is 0 Å². The van der Waals surface area contributed by atoms with Gasteiger partial charge in [-0.2, -0.15) is 0 Å². The van der Waals surface area contributed by atoms with Crippen LogP contribution in [0.5, 0.6) is 0 Å². The summed E-state index contributed by atoms with van der Waals surface area (Å²) in [4.78, 5) is 20.7. The van der Waals surface area contributed by atoms with Crippen LogP contribution in [0.1, 0.15) is 53.3 Å². The lowest BCUT2D eigenvalue weighted by atomic mass is 9.84. The molecule has 1 saturated carbocycles. The Morgan fingerprint density at radius 2 is 2.08 bits per heavy atom. The number of carbonyl (C=O) groups excluding carboxylic acids is 1. The Hall–Kier alpha value is -2.47. The van der Waals surface area contributed by atoms with E-state index in [4.69, 9.17) is 11.5 Å². The van der Waals surface area contributed by atoms with E-state index >= 15 is 0 Å². The van der Waals surface area contributed by atoms with Gasteiger partial charge < -0.3 is 16.8 Å². The summed E-state index contributed by atoms with van der Waals surface area (Å²) >= 11 is 0. The quantitative estimate of drug-likeness (QED) is 0.801. The van der Waals surface area contributed by atoms with Gasteiger partial charge in [0.1, 0.15) is 17.2 Å². The standard InChI is InChI=1S/C18H23N5O/c1-11-5-4-6-12(9-11)22-18-14(16(20)24)10-21-17(23-18)13-7-2-3-8-15(13)19/h4-6,9-10,13,15H,2-3,7-8,19H2,1H3,(H2,20,24)(H,21,22,23)/t13-,15+/m1/s1. The zero-order valence-electron chi connectivity index (χ0n) is 13.8. The minimum Gasteiger partial charge on any atom is -0.365 e. The molecule has 2 aromatic rings. The van der Waals surface area contributed by atoms with Gasteiger partial charge in [0.2, 0.25) is 0 Å². The molecule has 1 amide bonds. The molecule has 24 heavy (non-hydrogen) atoms. The molecule has 2 atom stereocenters. The number of benzene rings is 1. The van der Waals surface area contributed by atoms with Gasteiger partial charge in [-0.3, -0.25) is 4.79 Å². The van der Waals surface area contributed by atoms with Gasteiger partial charge in [0.25, 0.3) is 5.91 Å². The van der Waals surface area contributed by atoms with Gasteiger partial charge in [0.15, 0.2) is 0 Å². The fourth-order valence-electron chi connectivity index (χ4n) is 3.19. The second-order valence-corrected chi connectivity index (χ2v) is 6.40. The molecular formula is C18H23N5O. The van der Waals surface area contributed by atoms with E-state index in [1.165, 1.54) is 6.20 Å². The average molecular weight is 325 g/mol. The molecule has 1 aliphatic rings. The lowest BCUT2D eigenvalue weighted by molar-refractivity contribution is 0.100. The molecule has 0 saturated heterocycles. The van der Waals surface area contributed by atoms with E-state index in [0.717, 1.165) is 36.9 Å². The zero-order valence-corrected chi connectivity index (χ0v) is 13.8. The van der Waals surface area contributed by atoms with Crippen molar-refractivity contribution in [3.63, 3.8) is 0 Å². The van der Waals surface area contributed by atoms with Gasteiger partial charge >= 0.3 is 0 Å². The molecule has 6 nitrogen and oxygen atoms in total. The lowest BCUT2D eigenvalue weighted by Gasteiger charge is -2.27. The Bertz CT molecular complexity index is 746. The Morgan fingerprint density at radius 3 is 2.79 bits per heavy atom. The molecule has 5 N–H and O–H groups in total. The number of nitrogens with one attached hydrogen (secondary N) is 1. The number of nitrogens with two attached hydrogens (primary N) is 2. The number of aromatic nitrogens is 2. The Balaban J connectivity index is 1.95. The third-order valence-corrected chi connectivity index (χ3v) is 4.50. The van der Waals surface area contributed by atoms with Crippen LogP contribution < -0.4 is 16.8 Å². The highest BCUT2D eigenvalue weighted by Gasteiger charge is 2.27. The molecule has 6 heteroatoms. The van der Waals surface area contributed by atoms with Crippen LogP contribution in [-0.2, 0) is 0 Å². The maximum Gasteiger partial charge on any atom is 0.254 e. The summed E-state index contributed by atoms with van der Waals surface area (Å²) in [7, 11) is 0. The molecule has 1 aromatic carbocycles. The highest BCUT2D eigenvalue weighted by atomic mass is 16.1. The van der Waals surface area contributed by atoms with Crippen LogP contribution in [0, 0.1) is 6.92 Å². The van der Waals surface area contributed by atoms with Crippen LogP contribution in [0.4, 0.5) is 11.5 Å². The first-order valence-electron chi connectivity index (χ1n) is 8.30. The van der Waals surface area contributed by atoms with E-state index in [1.807, 2.05) is 31.2 Å². The van der Waals surface area contributed by atoms with Crippen LogP contribution in [-0.4, -0.2) is 21.9 Å². The molecule has 0 unspecified atom stereocenters. The fourth-order valence-corrected chi connectivity index (χ4v) is 3.19. The number of rotatable bonds is 4. The van der Waals surface area contributed by atoms with Gasteiger partial charge in [0.05, 0.1) is 0 Å². The molecule has 3 rings (SSSR count). The summed E-state index contributed by atoms with van der Waals surface area (Å²) < 4.78 is 0. The van der Waals surface area contributed by atoms with Crippen LogP contribution in [0.2, 0.25) is 0 Å². The predicted molar refractivity (Wildman–Crippen MR) is 94.2 cm³/mol. The maximum absolute atomic E-state index is 11.7. The maximum atomic E-state index is 11.7. The Kier molecular flexibility index (Phi) is 4.76. The van der Waals surface area contributed by atoms with Gasteiger partial charge in [-0.1, -0.05) is 25.0 Å². The summed E-state index contributed by atoms with van der Waals surface area (Å²) in [5.41, 5.74) is 14.0. The van der Waals surface area contributed by atoms with Crippen molar-refractivity contribution >= 4 is 17.4 Å². The van der Waals surface area contributed by atoms with E-state index in [0.29, 0.717) is 11.6 Å². The van der Waals surface area contributed by atoms with Crippen LogP contribution >= 0.6 is 0 Å². The molecule has 0 radical (unpaired) electrons. The third kappa shape index (κ3) is 3.54. The normalized spacial score (nSPS) is 20.6. The molecule has 1 fully saturated rings. The Labute approximate surface area is 141 Å². The average Bonchev–Trinajstić information content (AvgIpc) is 2.55. The van der Waals surface area contributed by atoms with E-state index in [-0.39, 0.29) is 17.5 Å². The number of hydrogen-bond donors (Lipinski definition) is 3. The van der Waals surface area contributed by atoms with Crippen molar-refractivity contribution in [2.75, 3.05) is 5.32 Å². The van der Waals surface area contributed by atoms with E-state index < -0.39 is 5.91 Å². The van der Waals surface area contributed by atoms with E-state index in [2.05, 4.69) is 15.3 Å². The lowest BCUT2D eigenvalue weighted by Crippen LogP contribution is -2.32. The Morgan fingerprint density at radius 1 is 1.29 bits per heavy atom. The van der Waals surface area contributed by atoms with E-state index in [1.54, 1.807) is 0 Å². The van der Waals surface area contributed by atoms with Crippen molar-refractivity contribution in [1.82, 2.24) is 9.97 Å². The topological polar surface area (TPSA) is 107 Å². The summed E-state index contributed by atoms with van der Waals surface area (Å²) in [5, 5.41) is 3.20. The van der Waals surface area contributed by atoms with Crippen molar-refractivity contribution < 1.29 is 4.79 Å². The van der Waals surface area contributed by atoms with Crippen molar-refractivity contribution in [2.45, 2.75) is 44.6 Å². The van der Waals surface area contributed by atoms with Crippen molar-refractivity contribution in [3.8, 4) is 0 Å². The third-order valence-electron chi connectivity index (χ3n) is 4.50. The second-order valence-electron chi connectivity index (χ2n) is 6.40. The van der Waals surface area contributed by atoms with E-state index in [9.17, 15) is 4.79 Å². The van der Waals surface area contributed by atoms with Crippen molar-refractivity contribution in [3.05, 3.63) is 47.4 Å². The number of primary amides is 1. The highest BCUT2D eigenvalue weighted by molar-refractivity contribution is 5.97. The minimum atomic E-state index is -0.551. The number of amides is 1. The fraction of sp³-hybridized carbons (Fsp3) is 0.389. The summed E-state index contributed by atoms with van der Waals surface area (Å²) in [6.07, 6.45) is 5.72. The monoisotopic (exact) mass is 325 g/mol. The van der Waals surface area contributed by atoms with Crippen LogP contribution in [0.3, 0.4) is 0 Å². The molecule has 0 spiro atoms. The molecule has 126 valence electrons. The first-order chi connectivity index (χ1) is 11.5. The van der Waals surface area contributed by atoms with Gasteiger partial charge in [-0.05, 0) is 37.5 Å². The first kappa shape index (κ1) is 16.4. The molecule has 1 aliphatic carbocycles. The van der Waals surface area contributed by atoms with Crippen molar-refractivity contribution in [2.24, 2.45) is 11.5 Å². The van der Waals surface area contributed by atoms with Crippen LogP contribution in [0.25, 0.3) is 0 Å². The number of anilines is 2.